The van der Waals surface area contributed by atoms with Crippen molar-refractivity contribution in [3.8, 4) is 11.8 Å². The molecular formula is C23H20F3N3O2. The highest BCUT2D eigenvalue weighted by Gasteiger charge is 2.29. The summed E-state index contributed by atoms with van der Waals surface area (Å²) in [4.78, 5) is 12.8. The van der Waals surface area contributed by atoms with Gasteiger partial charge in [-0.25, -0.2) is 0 Å². The van der Waals surface area contributed by atoms with Crippen molar-refractivity contribution in [3.05, 3.63) is 82.7 Å². The number of benzene rings is 2. The van der Waals surface area contributed by atoms with Gasteiger partial charge in [-0.3, -0.25) is 4.79 Å². The molecule has 0 radical (unpaired) electrons. The molecule has 0 spiro atoms. The Hall–Kier alpha value is -3.73. The number of nitrogens with one attached hydrogen (secondary N) is 1. The Morgan fingerprint density at radius 2 is 1.84 bits per heavy atom. The predicted molar refractivity (Wildman–Crippen MR) is 110 cm³/mol. The fraction of sp³-hybridized carbons (Fsp3) is 0.217. The highest BCUT2D eigenvalue weighted by Crippen LogP contribution is 2.26. The smallest absolute Gasteiger partial charge is 0.422 e. The van der Waals surface area contributed by atoms with Gasteiger partial charge in [0.2, 0.25) is 0 Å². The van der Waals surface area contributed by atoms with E-state index in [9.17, 15) is 23.2 Å². The summed E-state index contributed by atoms with van der Waals surface area (Å²) in [7, 11) is 0. The van der Waals surface area contributed by atoms with Crippen LogP contribution in [0.3, 0.4) is 0 Å². The van der Waals surface area contributed by atoms with Crippen molar-refractivity contribution in [1.29, 1.82) is 5.26 Å². The van der Waals surface area contributed by atoms with Crippen molar-refractivity contribution in [2.45, 2.75) is 26.6 Å². The third-order valence-electron chi connectivity index (χ3n) is 4.75. The van der Waals surface area contributed by atoms with Gasteiger partial charge < -0.3 is 14.6 Å². The van der Waals surface area contributed by atoms with Crippen LogP contribution < -0.4 is 10.1 Å². The van der Waals surface area contributed by atoms with Gasteiger partial charge >= 0.3 is 6.18 Å². The molecule has 5 nitrogen and oxygen atoms in total. The summed E-state index contributed by atoms with van der Waals surface area (Å²) in [5, 5.41) is 11.9. The Morgan fingerprint density at radius 1 is 1.13 bits per heavy atom. The summed E-state index contributed by atoms with van der Waals surface area (Å²) >= 11 is 0. The zero-order valence-corrected chi connectivity index (χ0v) is 17.0. The van der Waals surface area contributed by atoms with E-state index < -0.39 is 12.8 Å². The van der Waals surface area contributed by atoms with Crippen molar-refractivity contribution in [2.75, 3.05) is 11.9 Å². The number of anilines is 1. The van der Waals surface area contributed by atoms with Crippen molar-refractivity contribution in [1.82, 2.24) is 4.57 Å². The quantitative estimate of drug-likeness (QED) is 0.587. The van der Waals surface area contributed by atoms with Crippen LogP contribution >= 0.6 is 0 Å². The monoisotopic (exact) mass is 427 g/mol. The number of ether oxygens (including phenoxy) is 1. The molecule has 0 atom stereocenters. The van der Waals surface area contributed by atoms with Crippen LogP contribution in [0.25, 0.3) is 0 Å². The molecule has 3 aromatic rings. The average molecular weight is 427 g/mol. The molecule has 3 rings (SSSR count). The number of hydrogen-bond donors (Lipinski definition) is 1. The first-order valence-electron chi connectivity index (χ1n) is 9.43. The summed E-state index contributed by atoms with van der Waals surface area (Å²) in [5.74, 6) is -0.570. The van der Waals surface area contributed by atoms with Gasteiger partial charge in [-0.05, 0) is 43.7 Å². The lowest BCUT2D eigenvalue weighted by Crippen LogP contribution is -2.19. The van der Waals surface area contributed by atoms with Crippen LogP contribution in [0.4, 0.5) is 18.9 Å². The lowest BCUT2D eigenvalue weighted by atomic mass is 10.1. The van der Waals surface area contributed by atoms with E-state index in [1.165, 1.54) is 18.2 Å². The molecule has 0 aliphatic rings. The van der Waals surface area contributed by atoms with E-state index in [0.717, 1.165) is 17.0 Å². The Morgan fingerprint density at radius 3 is 2.48 bits per heavy atom. The summed E-state index contributed by atoms with van der Waals surface area (Å²) in [6, 6.07) is 17.3. The molecule has 0 bridgehead atoms. The number of alkyl halides is 3. The maximum absolute atomic E-state index is 12.8. The topological polar surface area (TPSA) is 67.0 Å². The number of hydrogen-bond acceptors (Lipinski definition) is 3. The van der Waals surface area contributed by atoms with E-state index in [4.69, 9.17) is 0 Å². The van der Waals surface area contributed by atoms with Crippen LogP contribution in [0.2, 0.25) is 0 Å². The second-order valence-electron chi connectivity index (χ2n) is 7.04. The van der Waals surface area contributed by atoms with E-state index in [1.807, 2.05) is 48.7 Å². The fourth-order valence-electron chi connectivity index (χ4n) is 3.22. The first kappa shape index (κ1) is 22.0. The van der Waals surface area contributed by atoms with Gasteiger partial charge in [0.25, 0.3) is 5.91 Å². The normalized spacial score (nSPS) is 11.1. The van der Waals surface area contributed by atoms with Crippen molar-refractivity contribution < 1.29 is 22.7 Å². The average Bonchev–Trinajstić information content (AvgIpc) is 3.01. The van der Waals surface area contributed by atoms with Gasteiger partial charge in [0.05, 0.1) is 11.1 Å². The van der Waals surface area contributed by atoms with Gasteiger partial charge in [-0.1, -0.05) is 30.3 Å². The zero-order chi connectivity index (χ0) is 22.6. The number of nitriles is 1. The third kappa shape index (κ3) is 5.45. The third-order valence-corrected chi connectivity index (χ3v) is 4.75. The number of carbonyl (C=O) groups excluding carboxylic acids is 1. The van der Waals surface area contributed by atoms with E-state index in [0.29, 0.717) is 12.1 Å². The molecule has 8 heteroatoms. The van der Waals surface area contributed by atoms with Crippen LogP contribution in [0.5, 0.6) is 5.75 Å². The molecule has 1 N–H and O–H groups in total. The molecule has 0 aliphatic carbocycles. The molecule has 0 saturated carbocycles. The number of nitrogens with zero attached hydrogens (tertiary/aromatic N) is 2. The van der Waals surface area contributed by atoms with Gasteiger partial charge in [-0.2, -0.15) is 18.4 Å². The van der Waals surface area contributed by atoms with Gasteiger partial charge in [0.15, 0.2) is 6.61 Å². The van der Waals surface area contributed by atoms with E-state index >= 15 is 0 Å². The lowest BCUT2D eigenvalue weighted by molar-refractivity contribution is -0.153. The second-order valence-corrected chi connectivity index (χ2v) is 7.04. The summed E-state index contributed by atoms with van der Waals surface area (Å²) < 4.78 is 43.8. The van der Waals surface area contributed by atoms with Crippen LogP contribution in [-0.2, 0) is 6.54 Å². The number of aryl methyl sites for hydroxylation is 1. The SMILES string of the molecule is Cc1cc(C(=O)Nc2ccc(OCC(F)(F)F)c(C#N)c2)c(C)n1Cc1ccccc1. The molecular weight excluding hydrogens is 407 g/mol. The van der Waals surface area contributed by atoms with E-state index in [2.05, 4.69) is 10.1 Å². The Bertz CT molecular complexity index is 1130. The largest absolute Gasteiger partial charge is 0.483 e. The van der Waals surface area contributed by atoms with Crippen molar-refractivity contribution >= 4 is 11.6 Å². The number of halogens is 3. The lowest BCUT2D eigenvalue weighted by Gasteiger charge is -2.12. The molecule has 160 valence electrons. The number of carbonyl (C=O) groups is 1. The molecule has 1 heterocycles. The number of rotatable bonds is 6. The van der Waals surface area contributed by atoms with Gasteiger partial charge in [0, 0.05) is 23.6 Å². The maximum Gasteiger partial charge on any atom is 0.422 e. The summed E-state index contributed by atoms with van der Waals surface area (Å²) in [6.45, 7) is 2.88. The van der Waals surface area contributed by atoms with Crippen LogP contribution in [-0.4, -0.2) is 23.3 Å². The fourth-order valence-corrected chi connectivity index (χ4v) is 3.22. The van der Waals surface area contributed by atoms with Gasteiger partial charge in [-0.15, -0.1) is 0 Å². The second kappa shape index (κ2) is 8.96. The minimum absolute atomic E-state index is 0.100. The summed E-state index contributed by atoms with van der Waals surface area (Å²) in [6.07, 6.45) is -4.51. The highest BCUT2D eigenvalue weighted by atomic mass is 19.4. The van der Waals surface area contributed by atoms with Crippen LogP contribution in [0, 0.1) is 25.2 Å². The molecule has 0 aliphatic heterocycles. The van der Waals surface area contributed by atoms with Crippen LogP contribution in [0.15, 0.2) is 54.6 Å². The molecule has 1 aromatic heterocycles. The minimum atomic E-state index is -4.51. The van der Waals surface area contributed by atoms with Crippen molar-refractivity contribution in [2.24, 2.45) is 0 Å². The van der Waals surface area contributed by atoms with Gasteiger partial charge in [0.1, 0.15) is 11.8 Å². The highest BCUT2D eigenvalue weighted by molar-refractivity contribution is 6.05. The molecule has 0 fully saturated rings. The summed E-state index contributed by atoms with van der Waals surface area (Å²) in [5.41, 5.74) is 3.46. The molecule has 2 aromatic carbocycles. The Balaban J connectivity index is 1.77. The first-order chi connectivity index (χ1) is 14.7. The standard InChI is InChI=1S/C23H20F3N3O2/c1-15-10-20(16(2)29(15)13-17-6-4-3-5-7-17)22(30)28-19-8-9-21(18(11-19)12-27)31-14-23(24,25)26/h3-11H,13-14H2,1-2H3,(H,28,30). The number of aromatic nitrogens is 1. The van der Waals surface area contributed by atoms with E-state index in [1.54, 1.807) is 12.1 Å². The molecule has 0 saturated heterocycles. The first-order valence-corrected chi connectivity index (χ1v) is 9.43. The Labute approximate surface area is 177 Å². The minimum Gasteiger partial charge on any atom is -0.483 e. The molecule has 31 heavy (non-hydrogen) atoms. The van der Waals surface area contributed by atoms with Crippen LogP contribution in [0.1, 0.15) is 32.9 Å². The Kier molecular flexibility index (Phi) is 6.35. The molecule has 1 amide bonds. The van der Waals surface area contributed by atoms with Crippen molar-refractivity contribution in [3.63, 3.8) is 0 Å². The maximum atomic E-state index is 12.8. The zero-order valence-electron chi connectivity index (χ0n) is 17.0. The molecule has 0 unspecified atom stereocenters. The predicted octanol–water partition coefficient (Wildman–Crippen LogP) is 5.22. The number of amides is 1. The van der Waals surface area contributed by atoms with E-state index in [-0.39, 0.29) is 22.9 Å².